The molecule has 0 amide bonds. The molecule has 14 nitrogen and oxygen atoms in total. The van der Waals surface area contributed by atoms with E-state index in [-0.39, 0.29) is 106 Å². The van der Waals surface area contributed by atoms with Gasteiger partial charge in [0, 0.05) is 0 Å². The largest absolute Gasteiger partial charge is 1.00 e. The van der Waals surface area contributed by atoms with E-state index in [2.05, 4.69) is 23.8 Å². The molecule has 0 unspecified atom stereocenters. The molecule has 3 rings (SSSR count). The average molecular weight is 534 g/mol. The number of nitrogens with zero attached hydrogens (tertiary/aromatic N) is 4. The van der Waals surface area contributed by atoms with E-state index in [0.29, 0.717) is 5.16 Å². The van der Waals surface area contributed by atoms with Crippen LogP contribution in [0, 0.1) is 0 Å². The number of imidazole rings is 1. The molecule has 0 spiro atoms. The second-order valence-electron chi connectivity index (χ2n) is 5.83. The number of aliphatic hydroxyl groups is 2. The first-order valence-corrected chi connectivity index (χ1v) is 12.0. The molecule has 4 N–H and O–H groups in total. The van der Waals surface area contributed by atoms with Gasteiger partial charge in [-0.2, -0.15) is 0 Å². The third-order valence-electron chi connectivity index (χ3n) is 3.85. The van der Waals surface area contributed by atoms with Crippen LogP contribution in [0.3, 0.4) is 0 Å². The van der Waals surface area contributed by atoms with E-state index in [1.165, 1.54) is 22.7 Å². The molecule has 3 heterocycles. The van der Waals surface area contributed by atoms with Gasteiger partial charge in [-0.15, -0.1) is 0 Å². The Bertz CT molecular complexity index is 1020. The third kappa shape index (κ3) is 8.24. The van der Waals surface area contributed by atoms with Crippen LogP contribution in [-0.2, 0) is 22.7 Å². The second kappa shape index (κ2) is 13.5. The molecule has 21 heteroatoms. The van der Waals surface area contributed by atoms with Crippen molar-refractivity contribution in [1.29, 1.82) is 0 Å². The summed E-state index contributed by atoms with van der Waals surface area (Å²) in [6.07, 6.45) is -2.55. The average Bonchev–Trinajstić information content (AvgIpc) is 3.13. The number of aromatic nitrogens is 4. The fourth-order valence-corrected chi connectivity index (χ4v) is 4.66. The van der Waals surface area contributed by atoms with Crippen LogP contribution in [0.2, 0.25) is 0 Å². The molecule has 1 aliphatic heterocycles. The number of phosphoric acid groups is 1. The minimum Gasteiger partial charge on any atom is -0.790 e. The first-order chi connectivity index (χ1) is 13.4. The molecule has 2 aromatic heterocycles. The Morgan fingerprint density at radius 2 is 1.91 bits per heavy atom. The Kier molecular flexibility index (Phi) is 14.3. The van der Waals surface area contributed by atoms with Gasteiger partial charge in [-0.05, 0) is 6.26 Å². The van der Waals surface area contributed by atoms with Crippen molar-refractivity contribution in [3.63, 3.8) is 0 Å². The summed E-state index contributed by atoms with van der Waals surface area (Å²) in [4.78, 5) is 33.4. The summed E-state index contributed by atoms with van der Waals surface area (Å²) in [6.45, 7) is -0.748. The third-order valence-corrected chi connectivity index (χ3v) is 6.62. The Hall–Kier alpha value is 1.94. The van der Waals surface area contributed by atoms with Gasteiger partial charge in [0.05, 0.1) is 28.2 Å². The summed E-state index contributed by atoms with van der Waals surface area (Å²) in [7, 11) is -5.44. The van der Waals surface area contributed by atoms with Crippen molar-refractivity contribution in [3.8, 4) is 0 Å². The molecule has 0 aliphatic carbocycles. The maximum Gasteiger partial charge on any atom is 1.00 e. The summed E-state index contributed by atoms with van der Waals surface area (Å²) in [5.41, 5.74) is 6.31. The van der Waals surface area contributed by atoms with Crippen LogP contribution in [0.25, 0.3) is 11.2 Å². The number of ether oxygens (including phenoxy) is 1. The fraction of sp³-hybridized carbons (Fsp3) is 0.545. The fourth-order valence-electron chi connectivity index (χ4n) is 2.63. The molecule has 1 fully saturated rings. The van der Waals surface area contributed by atoms with Gasteiger partial charge in [0.2, 0.25) is 0 Å². The Morgan fingerprint density at radius 1 is 1.28 bits per heavy atom. The molecule has 1 aliphatic rings. The number of hydrogen-bond donors (Lipinski definition) is 3. The number of nitrogens with two attached hydrogens (primary N) is 1. The standard InChI is InChI=1S/C11H16BN5O9P2S.3Na/c1-29-11-15-8(13)5-9(16-11)17(3-14-5)10-7(19)6(18)4(25-10)2-24-27(12,20)26-28(21,22)23;;;/h3-4,6-7,10,18-19H,2H2,1H3,(H2,13,15,16)(H2,21,22,23);;;/q-1;3*+1/p-2/t4-,6-,7-,10-,27+;;;/m1.../s1. The molecule has 1 saturated heterocycles. The predicted molar refractivity (Wildman–Crippen MR) is 95.4 cm³/mol. The summed E-state index contributed by atoms with van der Waals surface area (Å²) in [6, 6.07) is 0. The van der Waals surface area contributed by atoms with Crippen molar-refractivity contribution in [2.24, 2.45) is 0 Å². The van der Waals surface area contributed by atoms with Gasteiger partial charge in [0.15, 0.2) is 22.8 Å². The molecule has 32 heavy (non-hydrogen) atoms. The van der Waals surface area contributed by atoms with E-state index in [1.807, 2.05) is 0 Å². The summed E-state index contributed by atoms with van der Waals surface area (Å²) in [5, 5.41) is 20.9. The number of thioether (sulfide) groups is 1. The zero-order chi connectivity index (χ0) is 21.6. The van der Waals surface area contributed by atoms with E-state index >= 15 is 0 Å². The van der Waals surface area contributed by atoms with Crippen molar-refractivity contribution in [2.75, 3.05) is 18.6 Å². The van der Waals surface area contributed by atoms with Crippen LogP contribution in [0.4, 0.5) is 5.82 Å². The predicted octanol–water partition coefficient (Wildman–Crippen LogP) is -11.1. The molecule has 159 valence electrons. The van der Waals surface area contributed by atoms with Crippen molar-refractivity contribution >= 4 is 51.6 Å². The molecule has 5 atom stereocenters. The smallest absolute Gasteiger partial charge is 0.790 e. The first-order valence-electron chi connectivity index (χ1n) is 7.74. The Morgan fingerprint density at radius 3 is 2.47 bits per heavy atom. The number of fused-ring (bicyclic) bond motifs is 1. The second-order valence-corrected chi connectivity index (χ2v) is 9.49. The molecule has 0 bridgehead atoms. The number of nitrogen functional groups attached to an aromatic ring is 1. The maximum atomic E-state index is 11.7. The monoisotopic (exact) mass is 534 g/mol. The van der Waals surface area contributed by atoms with E-state index in [0.717, 1.165) is 0 Å². The molecule has 0 aromatic carbocycles. The van der Waals surface area contributed by atoms with Crippen LogP contribution in [-0.4, -0.2) is 68.5 Å². The Balaban J connectivity index is 0.00000320. The van der Waals surface area contributed by atoms with Crippen molar-refractivity contribution in [3.05, 3.63) is 6.33 Å². The van der Waals surface area contributed by atoms with Crippen molar-refractivity contribution < 1.29 is 131 Å². The minimum atomic E-state index is -5.67. The van der Waals surface area contributed by atoms with Crippen molar-refractivity contribution in [1.82, 2.24) is 19.5 Å². The molecular formula is C11H14BN5Na3O9P2S. The quantitative estimate of drug-likeness (QED) is 0.130. The summed E-state index contributed by atoms with van der Waals surface area (Å²) >= 11 is 1.22. The van der Waals surface area contributed by atoms with Crippen LogP contribution >= 0.6 is 27.1 Å². The van der Waals surface area contributed by atoms with Gasteiger partial charge in [-0.25, -0.2) is 15.0 Å². The van der Waals surface area contributed by atoms with E-state index in [4.69, 9.17) is 18.0 Å². The minimum absolute atomic E-state index is 0. The van der Waals surface area contributed by atoms with Crippen LogP contribution < -0.4 is 104 Å². The maximum absolute atomic E-state index is 11.7. The number of aliphatic hydroxyl groups excluding tert-OH is 2. The normalized spacial score (nSPS) is 24.8. The van der Waals surface area contributed by atoms with Gasteiger partial charge in [0.1, 0.15) is 23.8 Å². The molecule has 3 radical (unpaired) electrons. The van der Waals surface area contributed by atoms with Crippen LogP contribution in [0.1, 0.15) is 6.23 Å². The van der Waals surface area contributed by atoms with Crippen molar-refractivity contribution in [2.45, 2.75) is 29.7 Å². The first kappa shape index (κ1) is 33.9. The molecule has 0 saturated carbocycles. The summed E-state index contributed by atoms with van der Waals surface area (Å²) < 4.78 is 37.3. The van der Waals surface area contributed by atoms with Gasteiger partial charge >= 0.3 is 88.7 Å². The van der Waals surface area contributed by atoms with Gasteiger partial charge < -0.3 is 56.0 Å². The van der Waals surface area contributed by atoms with E-state index in [9.17, 15) is 29.1 Å². The topological polar surface area (TPSA) is 218 Å². The summed E-state index contributed by atoms with van der Waals surface area (Å²) in [5.74, 6) is 0.104. The van der Waals surface area contributed by atoms with Gasteiger partial charge in [-0.1, -0.05) is 11.8 Å². The van der Waals surface area contributed by atoms with Crippen LogP contribution in [0.5, 0.6) is 0 Å². The molecule has 2 aromatic rings. The number of anilines is 1. The van der Waals surface area contributed by atoms with Gasteiger partial charge in [0.25, 0.3) is 0 Å². The van der Waals surface area contributed by atoms with Gasteiger partial charge in [-0.3, -0.25) is 4.57 Å². The number of rotatable bonds is 7. The zero-order valence-electron chi connectivity index (χ0n) is 17.6. The SMILES string of the molecule is [B-][P@](=O)(OC[C@H]1O[C@@H](n2cnc3c(N)nc(SC)nc32)[C@H](O)[C@@H]1O)OP(=O)([O-])[O-].[Na+].[Na+].[Na+]. The Labute approximate surface area is 254 Å². The van der Waals surface area contributed by atoms with E-state index < -0.39 is 46.4 Å². The number of hydrogen-bond acceptors (Lipinski definition) is 14. The molecular weight excluding hydrogens is 520 g/mol. The zero-order valence-corrected chi connectivity index (χ0v) is 26.2. The van der Waals surface area contributed by atoms with Crippen LogP contribution in [0.15, 0.2) is 11.5 Å². The van der Waals surface area contributed by atoms with E-state index in [1.54, 1.807) is 6.26 Å².